The van der Waals surface area contributed by atoms with Gasteiger partial charge in [-0.25, -0.2) is 8.42 Å². The lowest BCUT2D eigenvalue weighted by molar-refractivity contribution is -0.147. The van der Waals surface area contributed by atoms with Crippen LogP contribution >= 0.6 is 0 Å². The summed E-state index contributed by atoms with van der Waals surface area (Å²) in [6.07, 6.45) is 1.27. The van der Waals surface area contributed by atoms with Crippen LogP contribution in [0.15, 0.2) is 53.4 Å². The van der Waals surface area contributed by atoms with Crippen molar-refractivity contribution in [3.05, 3.63) is 59.7 Å². The smallest absolute Gasteiger partial charge is 0.306 e. The largest absolute Gasteiger partial charge is 0.456 e. The van der Waals surface area contributed by atoms with Crippen LogP contribution in [-0.2, 0) is 37.2 Å². The number of esters is 1. The highest BCUT2D eigenvalue weighted by atomic mass is 32.2. The van der Waals surface area contributed by atoms with E-state index in [4.69, 9.17) is 4.74 Å². The molecular weight excluding hydrogens is 416 g/mol. The highest BCUT2D eigenvalue weighted by molar-refractivity contribution is 7.89. The summed E-state index contributed by atoms with van der Waals surface area (Å²) in [7, 11) is -3.50. The maximum absolute atomic E-state index is 12.5. The Morgan fingerprint density at radius 2 is 1.61 bits per heavy atom. The van der Waals surface area contributed by atoms with Crippen LogP contribution in [0.3, 0.4) is 0 Å². The number of anilines is 1. The molecule has 31 heavy (non-hydrogen) atoms. The van der Waals surface area contributed by atoms with E-state index >= 15 is 0 Å². The summed E-state index contributed by atoms with van der Waals surface area (Å²) in [5.41, 5.74) is 2.54. The fourth-order valence-electron chi connectivity index (χ4n) is 3.14. The van der Waals surface area contributed by atoms with Gasteiger partial charge in [-0.1, -0.05) is 51.1 Å². The highest BCUT2D eigenvalue weighted by Gasteiger charge is 2.21. The molecule has 0 aliphatic carbocycles. The first-order valence-corrected chi connectivity index (χ1v) is 11.9. The Bertz CT molecular complexity index is 983. The van der Waals surface area contributed by atoms with Gasteiger partial charge in [0.2, 0.25) is 10.0 Å². The third-order valence-electron chi connectivity index (χ3n) is 4.92. The van der Waals surface area contributed by atoms with Gasteiger partial charge in [0.25, 0.3) is 5.91 Å². The second kappa shape index (κ2) is 11.6. The molecule has 0 aliphatic heterocycles. The van der Waals surface area contributed by atoms with E-state index in [1.165, 1.54) is 4.31 Å². The zero-order valence-electron chi connectivity index (χ0n) is 18.3. The molecule has 0 saturated heterocycles. The second-order valence-electron chi connectivity index (χ2n) is 6.95. The number of hydrogen-bond acceptors (Lipinski definition) is 5. The van der Waals surface area contributed by atoms with Crippen LogP contribution in [0.5, 0.6) is 0 Å². The second-order valence-corrected chi connectivity index (χ2v) is 8.89. The molecule has 1 amide bonds. The number of carbonyl (C=O) groups is 2. The maximum atomic E-state index is 12.5. The van der Waals surface area contributed by atoms with Gasteiger partial charge in [-0.15, -0.1) is 0 Å². The first kappa shape index (κ1) is 24.6. The molecule has 2 rings (SSSR count). The number of carbonyl (C=O) groups excluding carboxylic acids is 2. The molecule has 0 fully saturated rings. The highest BCUT2D eigenvalue weighted by Crippen LogP contribution is 2.17. The number of nitrogens with one attached hydrogen (secondary N) is 1. The summed E-state index contributed by atoms with van der Waals surface area (Å²) < 4.78 is 31.5. The van der Waals surface area contributed by atoms with E-state index in [0.717, 1.165) is 17.5 Å². The minimum atomic E-state index is -3.50. The Hall–Kier alpha value is -2.71. The summed E-state index contributed by atoms with van der Waals surface area (Å²) in [6, 6.07) is 14.0. The standard InChI is InChI=1S/C23H30N2O5S/c1-4-19-9-7-8-10-21(19)24-22(26)17-30-23(27)16-13-18-11-14-20(15-12-18)31(28,29)25(5-2)6-3/h7-12,14-15H,4-6,13,16-17H2,1-3H3,(H,24,26). The zero-order valence-corrected chi connectivity index (χ0v) is 19.1. The number of benzene rings is 2. The van der Waals surface area contributed by atoms with Gasteiger partial charge in [-0.05, 0) is 42.2 Å². The molecule has 0 saturated carbocycles. The van der Waals surface area contributed by atoms with E-state index in [0.29, 0.717) is 25.2 Å². The van der Waals surface area contributed by atoms with E-state index in [1.54, 1.807) is 38.1 Å². The van der Waals surface area contributed by atoms with Crippen molar-refractivity contribution in [3.8, 4) is 0 Å². The van der Waals surface area contributed by atoms with Crippen molar-refractivity contribution in [2.75, 3.05) is 25.0 Å². The maximum Gasteiger partial charge on any atom is 0.306 e. The zero-order chi connectivity index (χ0) is 22.9. The quantitative estimate of drug-likeness (QED) is 0.534. The molecule has 2 aromatic carbocycles. The monoisotopic (exact) mass is 446 g/mol. The number of sulfonamides is 1. The van der Waals surface area contributed by atoms with Crippen LogP contribution in [0.1, 0.15) is 38.3 Å². The molecule has 1 N–H and O–H groups in total. The Morgan fingerprint density at radius 1 is 0.968 bits per heavy atom. The number of rotatable bonds is 11. The Labute approximate surface area is 184 Å². The van der Waals surface area contributed by atoms with Crippen LogP contribution in [0.4, 0.5) is 5.69 Å². The molecule has 0 spiro atoms. The average Bonchev–Trinajstić information content (AvgIpc) is 2.77. The van der Waals surface area contributed by atoms with Crippen molar-refractivity contribution in [2.45, 2.75) is 44.9 Å². The molecule has 0 unspecified atom stereocenters. The predicted octanol–water partition coefficient (Wildman–Crippen LogP) is 3.39. The van der Waals surface area contributed by atoms with E-state index < -0.39 is 16.0 Å². The lowest BCUT2D eigenvalue weighted by atomic mass is 10.1. The Balaban J connectivity index is 1.83. The number of para-hydroxylation sites is 1. The molecule has 168 valence electrons. The number of aryl methyl sites for hydroxylation is 2. The number of amides is 1. The van der Waals surface area contributed by atoms with Crippen molar-refractivity contribution < 1.29 is 22.7 Å². The Kier molecular flexibility index (Phi) is 9.21. The van der Waals surface area contributed by atoms with Crippen molar-refractivity contribution in [2.24, 2.45) is 0 Å². The van der Waals surface area contributed by atoms with Crippen molar-refractivity contribution >= 4 is 27.6 Å². The molecule has 7 nitrogen and oxygen atoms in total. The minimum Gasteiger partial charge on any atom is -0.456 e. The molecule has 0 aliphatic rings. The SMILES string of the molecule is CCc1ccccc1NC(=O)COC(=O)CCc1ccc(S(=O)(=O)N(CC)CC)cc1. The van der Waals surface area contributed by atoms with Gasteiger partial charge in [-0.3, -0.25) is 9.59 Å². The summed E-state index contributed by atoms with van der Waals surface area (Å²) in [6.45, 7) is 6.05. The van der Waals surface area contributed by atoms with Crippen molar-refractivity contribution in [1.29, 1.82) is 0 Å². The minimum absolute atomic E-state index is 0.0982. The molecule has 0 radical (unpaired) electrons. The van der Waals surface area contributed by atoms with Gasteiger partial charge in [0, 0.05) is 25.2 Å². The van der Waals surface area contributed by atoms with Gasteiger partial charge in [0.1, 0.15) is 0 Å². The van der Waals surface area contributed by atoms with Crippen LogP contribution in [-0.4, -0.2) is 44.3 Å². The fraction of sp³-hybridized carbons (Fsp3) is 0.391. The molecule has 8 heteroatoms. The van der Waals surface area contributed by atoms with Crippen molar-refractivity contribution in [3.63, 3.8) is 0 Å². The van der Waals surface area contributed by atoms with Crippen LogP contribution in [0.25, 0.3) is 0 Å². The Morgan fingerprint density at radius 3 is 2.23 bits per heavy atom. The van der Waals surface area contributed by atoms with E-state index in [2.05, 4.69) is 5.32 Å². The first-order valence-electron chi connectivity index (χ1n) is 10.4. The normalized spacial score (nSPS) is 11.4. The van der Waals surface area contributed by atoms with Crippen molar-refractivity contribution in [1.82, 2.24) is 4.31 Å². The van der Waals surface area contributed by atoms with Gasteiger partial charge in [-0.2, -0.15) is 4.31 Å². The van der Waals surface area contributed by atoms with E-state index in [-0.39, 0.29) is 23.8 Å². The van der Waals surface area contributed by atoms with Crippen LogP contribution < -0.4 is 5.32 Å². The summed E-state index contributed by atoms with van der Waals surface area (Å²) in [4.78, 5) is 24.3. The summed E-state index contributed by atoms with van der Waals surface area (Å²) in [5.74, 6) is -0.876. The number of nitrogens with zero attached hydrogens (tertiary/aromatic N) is 1. The molecule has 0 heterocycles. The lowest BCUT2D eigenvalue weighted by Gasteiger charge is -2.18. The average molecular weight is 447 g/mol. The third kappa shape index (κ3) is 6.90. The topological polar surface area (TPSA) is 92.8 Å². The predicted molar refractivity (Wildman–Crippen MR) is 120 cm³/mol. The van der Waals surface area contributed by atoms with Gasteiger partial charge < -0.3 is 10.1 Å². The number of ether oxygens (including phenoxy) is 1. The number of hydrogen-bond donors (Lipinski definition) is 1. The molecule has 0 bridgehead atoms. The molecular formula is C23H30N2O5S. The molecule has 0 atom stereocenters. The molecule has 0 aromatic heterocycles. The van der Waals surface area contributed by atoms with Gasteiger partial charge in [0.05, 0.1) is 4.90 Å². The van der Waals surface area contributed by atoms with E-state index in [9.17, 15) is 18.0 Å². The van der Waals surface area contributed by atoms with Gasteiger partial charge in [0.15, 0.2) is 6.61 Å². The van der Waals surface area contributed by atoms with E-state index in [1.807, 2.05) is 31.2 Å². The summed E-state index contributed by atoms with van der Waals surface area (Å²) in [5, 5.41) is 2.75. The first-order chi connectivity index (χ1) is 14.8. The van der Waals surface area contributed by atoms with Gasteiger partial charge >= 0.3 is 5.97 Å². The molecule has 2 aromatic rings. The fourth-order valence-corrected chi connectivity index (χ4v) is 4.60. The third-order valence-corrected chi connectivity index (χ3v) is 6.99. The lowest BCUT2D eigenvalue weighted by Crippen LogP contribution is -2.30. The van der Waals surface area contributed by atoms with Crippen LogP contribution in [0, 0.1) is 0 Å². The van der Waals surface area contributed by atoms with Crippen LogP contribution in [0.2, 0.25) is 0 Å². The summed E-state index contributed by atoms with van der Waals surface area (Å²) >= 11 is 0.